The summed E-state index contributed by atoms with van der Waals surface area (Å²) in [7, 11) is 0. The molecule has 0 aliphatic carbocycles. The molecule has 0 fully saturated rings. The predicted octanol–water partition coefficient (Wildman–Crippen LogP) is 1.96. The van der Waals surface area contributed by atoms with E-state index in [1.807, 2.05) is 6.92 Å². The molecule has 0 saturated heterocycles. The lowest BCUT2D eigenvalue weighted by atomic mass is 10.0. The third kappa shape index (κ3) is 5.75. The third-order valence-electron chi connectivity index (χ3n) is 3.11. The highest BCUT2D eigenvalue weighted by atomic mass is 16.3. The quantitative estimate of drug-likeness (QED) is 0.704. The van der Waals surface area contributed by atoms with Crippen LogP contribution >= 0.6 is 0 Å². The van der Waals surface area contributed by atoms with Crippen molar-refractivity contribution >= 4 is 5.91 Å². The minimum Gasteiger partial charge on any atom is -0.508 e. The number of phenolic OH excluding ortho intramolecular Hbond substituents is 1. The van der Waals surface area contributed by atoms with Crippen LogP contribution in [0.5, 0.6) is 5.75 Å². The van der Waals surface area contributed by atoms with Gasteiger partial charge < -0.3 is 16.2 Å². The molecule has 4 heteroatoms. The fraction of sp³-hybridized carbons (Fsp3) is 0.533. The fourth-order valence-corrected chi connectivity index (χ4v) is 1.91. The summed E-state index contributed by atoms with van der Waals surface area (Å²) in [5.74, 6) is 0.103. The lowest BCUT2D eigenvalue weighted by molar-refractivity contribution is -0.123. The van der Waals surface area contributed by atoms with E-state index in [4.69, 9.17) is 5.73 Å². The Bertz CT molecular complexity index is 390. The van der Waals surface area contributed by atoms with Gasteiger partial charge in [-0.2, -0.15) is 0 Å². The average Bonchev–Trinajstić information content (AvgIpc) is 2.39. The summed E-state index contributed by atoms with van der Waals surface area (Å²) in [5, 5.41) is 12.1. The highest BCUT2D eigenvalue weighted by Crippen LogP contribution is 2.11. The van der Waals surface area contributed by atoms with Crippen LogP contribution < -0.4 is 11.1 Å². The molecule has 0 aromatic heterocycles. The van der Waals surface area contributed by atoms with Gasteiger partial charge in [-0.3, -0.25) is 4.79 Å². The van der Waals surface area contributed by atoms with Crippen molar-refractivity contribution in [2.75, 3.05) is 0 Å². The molecule has 1 rings (SSSR count). The number of unbranched alkanes of at least 4 members (excludes halogenated alkanes) is 1. The van der Waals surface area contributed by atoms with Gasteiger partial charge >= 0.3 is 0 Å². The molecule has 1 aromatic rings. The molecule has 1 unspecified atom stereocenters. The van der Waals surface area contributed by atoms with E-state index in [9.17, 15) is 9.90 Å². The summed E-state index contributed by atoms with van der Waals surface area (Å²) >= 11 is 0. The first kappa shape index (κ1) is 15.5. The van der Waals surface area contributed by atoms with Gasteiger partial charge in [0.2, 0.25) is 5.91 Å². The first-order chi connectivity index (χ1) is 9.02. The van der Waals surface area contributed by atoms with Crippen molar-refractivity contribution in [1.82, 2.24) is 5.32 Å². The fourth-order valence-electron chi connectivity index (χ4n) is 1.91. The number of hydrogen-bond acceptors (Lipinski definition) is 3. The first-order valence-electron chi connectivity index (χ1n) is 6.86. The van der Waals surface area contributed by atoms with Crippen molar-refractivity contribution in [3.8, 4) is 5.75 Å². The second-order valence-corrected chi connectivity index (χ2v) is 5.03. The Morgan fingerprint density at radius 1 is 1.37 bits per heavy atom. The Kier molecular flexibility index (Phi) is 6.36. The van der Waals surface area contributed by atoms with Crippen molar-refractivity contribution in [2.45, 2.75) is 51.6 Å². The smallest absolute Gasteiger partial charge is 0.237 e. The summed E-state index contributed by atoms with van der Waals surface area (Å²) in [6.45, 7) is 4.13. The van der Waals surface area contributed by atoms with Crippen LogP contribution in [0, 0.1) is 0 Å². The van der Waals surface area contributed by atoms with Gasteiger partial charge in [0.15, 0.2) is 0 Å². The number of benzene rings is 1. The third-order valence-corrected chi connectivity index (χ3v) is 3.11. The highest BCUT2D eigenvalue weighted by Gasteiger charge is 2.15. The highest BCUT2D eigenvalue weighted by molar-refractivity contribution is 5.82. The molecular formula is C15H24N2O2. The molecule has 0 aliphatic heterocycles. The molecule has 4 nitrogen and oxygen atoms in total. The van der Waals surface area contributed by atoms with Gasteiger partial charge in [0, 0.05) is 6.04 Å². The standard InChI is InChI=1S/C15H24N2O2/c1-3-4-5-11(2)17-15(19)14(16)10-12-6-8-13(18)9-7-12/h6-9,11,14,18H,3-5,10,16H2,1-2H3,(H,17,19)/t11?,14-/m1/s1. The van der Waals surface area contributed by atoms with E-state index in [-0.39, 0.29) is 17.7 Å². The number of nitrogens with two attached hydrogens (primary N) is 1. The van der Waals surface area contributed by atoms with Crippen LogP contribution in [0.1, 0.15) is 38.7 Å². The Labute approximate surface area is 115 Å². The Morgan fingerprint density at radius 2 is 2.00 bits per heavy atom. The second kappa shape index (κ2) is 7.79. The molecule has 1 amide bonds. The van der Waals surface area contributed by atoms with Crippen LogP contribution in [0.3, 0.4) is 0 Å². The zero-order chi connectivity index (χ0) is 14.3. The summed E-state index contributed by atoms with van der Waals surface area (Å²) in [6.07, 6.45) is 3.69. The molecule has 0 spiro atoms. The monoisotopic (exact) mass is 264 g/mol. The van der Waals surface area contributed by atoms with Gasteiger partial charge in [-0.05, 0) is 37.5 Å². The van der Waals surface area contributed by atoms with Crippen LogP contribution in [0.2, 0.25) is 0 Å². The number of aromatic hydroxyl groups is 1. The molecular weight excluding hydrogens is 240 g/mol. The van der Waals surface area contributed by atoms with E-state index < -0.39 is 6.04 Å². The van der Waals surface area contributed by atoms with Gasteiger partial charge in [0.05, 0.1) is 6.04 Å². The first-order valence-corrected chi connectivity index (χ1v) is 6.86. The van der Waals surface area contributed by atoms with Crippen molar-refractivity contribution < 1.29 is 9.90 Å². The predicted molar refractivity (Wildman–Crippen MR) is 76.9 cm³/mol. The van der Waals surface area contributed by atoms with E-state index in [0.29, 0.717) is 6.42 Å². The van der Waals surface area contributed by atoms with Crippen molar-refractivity contribution in [1.29, 1.82) is 0 Å². The lowest BCUT2D eigenvalue weighted by Gasteiger charge is -2.17. The van der Waals surface area contributed by atoms with E-state index >= 15 is 0 Å². The number of phenols is 1. The zero-order valence-electron chi connectivity index (χ0n) is 11.7. The maximum absolute atomic E-state index is 11.9. The molecule has 4 N–H and O–H groups in total. The Balaban J connectivity index is 2.42. The van der Waals surface area contributed by atoms with Crippen LogP contribution in [0.4, 0.5) is 0 Å². The Morgan fingerprint density at radius 3 is 2.58 bits per heavy atom. The van der Waals surface area contributed by atoms with Crippen LogP contribution in [0.25, 0.3) is 0 Å². The summed E-state index contributed by atoms with van der Waals surface area (Å²) in [6, 6.07) is 6.38. The van der Waals surface area contributed by atoms with Gasteiger partial charge in [-0.25, -0.2) is 0 Å². The number of carbonyl (C=O) groups excluding carboxylic acids is 1. The molecule has 0 bridgehead atoms. The molecule has 2 atom stereocenters. The number of nitrogens with one attached hydrogen (secondary N) is 1. The van der Waals surface area contributed by atoms with Crippen LogP contribution in [-0.2, 0) is 11.2 Å². The molecule has 0 saturated carbocycles. The zero-order valence-corrected chi connectivity index (χ0v) is 11.7. The molecule has 0 aliphatic rings. The van der Waals surface area contributed by atoms with Gasteiger partial charge in [0.25, 0.3) is 0 Å². The minimum atomic E-state index is -0.548. The average molecular weight is 264 g/mol. The summed E-state index contributed by atoms with van der Waals surface area (Å²) in [4.78, 5) is 11.9. The van der Waals surface area contributed by atoms with Crippen molar-refractivity contribution in [3.05, 3.63) is 29.8 Å². The van der Waals surface area contributed by atoms with Crippen molar-refractivity contribution in [2.24, 2.45) is 5.73 Å². The van der Waals surface area contributed by atoms with Gasteiger partial charge in [0.1, 0.15) is 5.75 Å². The minimum absolute atomic E-state index is 0.114. The summed E-state index contributed by atoms with van der Waals surface area (Å²) < 4.78 is 0. The maximum Gasteiger partial charge on any atom is 0.237 e. The summed E-state index contributed by atoms with van der Waals surface area (Å²) in [5.41, 5.74) is 6.84. The van der Waals surface area contributed by atoms with Gasteiger partial charge in [-0.15, -0.1) is 0 Å². The Hall–Kier alpha value is -1.55. The SMILES string of the molecule is CCCCC(C)NC(=O)[C@H](N)Cc1ccc(O)cc1. The van der Waals surface area contributed by atoms with E-state index in [1.165, 1.54) is 0 Å². The van der Waals surface area contributed by atoms with Crippen LogP contribution in [0.15, 0.2) is 24.3 Å². The number of hydrogen-bond donors (Lipinski definition) is 3. The molecule has 0 heterocycles. The normalized spacial score (nSPS) is 13.8. The lowest BCUT2D eigenvalue weighted by Crippen LogP contribution is -2.45. The van der Waals surface area contributed by atoms with E-state index in [2.05, 4.69) is 12.2 Å². The second-order valence-electron chi connectivity index (χ2n) is 5.03. The molecule has 1 aromatic carbocycles. The molecule has 19 heavy (non-hydrogen) atoms. The van der Waals surface area contributed by atoms with E-state index in [0.717, 1.165) is 24.8 Å². The topological polar surface area (TPSA) is 75.4 Å². The largest absolute Gasteiger partial charge is 0.508 e. The maximum atomic E-state index is 11.9. The molecule has 106 valence electrons. The molecule has 0 radical (unpaired) electrons. The van der Waals surface area contributed by atoms with Crippen LogP contribution in [-0.4, -0.2) is 23.1 Å². The number of rotatable bonds is 7. The van der Waals surface area contributed by atoms with Gasteiger partial charge in [-0.1, -0.05) is 31.9 Å². The number of carbonyl (C=O) groups is 1. The van der Waals surface area contributed by atoms with E-state index in [1.54, 1.807) is 24.3 Å². The number of amides is 1. The van der Waals surface area contributed by atoms with Crippen molar-refractivity contribution in [3.63, 3.8) is 0 Å².